The molecule has 0 radical (unpaired) electrons. The van der Waals surface area contributed by atoms with Crippen LogP contribution in [0.4, 0.5) is 0 Å². The van der Waals surface area contributed by atoms with Gasteiger partial charge in [-0.2, -0.15) is 0 Å². The SMILES string of the molecule is COC(C)N(C)Cc1ccccc1. The van der Waals surface area contributed by atoms with E-state index >= 15 is 0 Å². The van der Waals surface area contributed by atoms with Crippen LogP contribution in [0.5, 0.6) is 0 Å². The molecule has 0 saturated heterocycles. The Bertz CT molecular complexity index is 235. The summed E-state index contributed by atoms with van der Waals surface area (Å²) in [6.45, 7) is 2.97. The zero-order valence-corrected chi connectivity index (χ0v) is 8.53. The zero-order valence-electron chi connectivity index (χ0n) is 8.53. The molecule has 0 aliphatic heterocycles. The summed E-state index contributed by atoms with van der Waals surface area (Å²) in [4.78, 5) is 2.16. The maximum Gasteiger partial charge on any atom is 0.107 e. The van der Waals surface area contributed by atoms with E-state index in [0.717, 1.165) is 6.54 Å². The van der Waals surface area contributed by atoms with Gasteiger partial charge in [0.1, 0.15) is 6.23 Å². The summed E-state index contributed by atoms with van der Waals surface area (Å²) in [6.07, 6.45) is 0.167. The van der Waals surface area contributed by atoms with Crippen LogP contribution < -0.4 is 0 Å². The lowest BCUT2D eigenvalue weighted by Gasteiger charge is -2.22. The monoisotopic (exact) mass is 179 g/mol. The summed E-state index contributed by atoms with van der Waals surface area (Å²) in [5, 5.41) is 0. The summed E-state index contributed by atoms with van der Waals surface area (Å²) in [6, 6.07) is 10.4. The molecule has 2 heteroatoms. The highest BCUT2D eigenvalue weighted by Gasteiger charge is 2.06. The standard InChI is InChI=1S/C11H17NO/c1-10(13-3)12(2)9-11-7-5-4-6-8-11/h4-8,10H,9H2,1-3H3. The molecule has 1 aromatic carbocycles. The van der Waals surface area contributed by atoms with Gasteiger partial charge in [-0.15, -0.1) is 0 Å². The van der Waals surface area contributed by atoms with Crippen molar-refractivity contribution in [3.8, 4) is 0 Å². The highest BCUT2D eigenvalue weighted by Crippen LogP contribution is 2.05. The Balaban J connectivity index is 2.50. The van der Waals surface area contributed by atoms with E-state index in [4.69, 9.17) is 4.74 Å². The van der Waals surface area contributed by atoms with Crippen molar-refractivity contribution in [3.63, 3.8) is 0 Å². The normalized spacial score (nSPS) is 13.2. The summed E-state index contributed by atoms with van der Waals surface area (Å²) >= 11 is 0. The van der Waals surface area contributed by atoms with Crippen molar-refractivity contribution in [1.82, 2.24) is 4.90 Å². The summed E-state index contributed by atoms with van der Waals surface area (Å²) in [5.41, 5.74) is 1.31. The number of methoxy groups -OCH3 is 1. The van der Waals surface area contributed by atoms with Crippen LogP contribution in [0, 0.1) is 0 Å². The van der Waals surface area contributed by atoms with Gasteiger partial charge in [-0.1, -0.05) is 30.3 Å². The summed E-state index contributed by atoms with van der Waals surface area (Å²) in [7, 11) is 3.79. The lowest BCUT2D eigenvalue weighted by molar-refractivity contribution is -0.00787. The second-order valence-electron chi connectivity index (χ2n) is 3.24. The van der Waals surface area contributed by atoms with E-state index in [1.165, 1.54) is 5.56 Å². The molecule has 0 fully saturated rings. The first-order chi connectivity index (χ1) is 6.24. The molecule has 0 amide bonds. The largest absolute Gasteiger partial charge is 0.367 e. The van der Waals surface area contributed by atoms with Gasteiger partial charge in [0, 0.05) is 13.7 Å². The maximum atomic E-state index is 5.21. The van der Waals surface area contributed by atoms with Crippen LogP contribution >= 0.6 is 0 Å². The van der Waals surface area contributed by atoms with E-state index in [9.17, 15) is 0 Å². The molecule has 0 heterocycles. The molecule has 0 bridgehead atoms. The van der Waals surface area contributed by atoms with Crippen molar-refractivity contribution < 1.29 is 4.74 Å². The minimum absolute atomic E-state index is 0.167. The number of rotatable bonds is 4. The van der Waals surface area contributed by atoms with Gasteiger partial charge in [0.15, 0.2) is 0 Å². The van der Waals surface area contributed by atoms with Crippen LogP contribution in [0.3, 0.4) is 0 Å². The first kappa shape index (κ1) is 10.2. The van der Waals surface area contributed by atoms with Crippen LogP contribution in [-0.2, 0) is 11.3 Å². The smallest absolute Gasteiger partial charge is 0.107 e. The van der Waals surface area contributed by atoms with Gasteiger partial charge >= 0.3 is 0 Å². The van der Waals surface area contributed by atoms with E-state index in [2.05, 4.69) is 36.2 Å². The molecule has 13 heavy (non-hydrogen) atoms. The quantitative estimate of drug-likeness (QED) is 0.656. The first-order valence-corrected chi connectivity index (χ1v) is 4.51. The van der Waals surface area contributed by atoms with E-state index in [0.29, 0.717) is 0 Å². The van der Waals surface area contributed by atoms with E-state index in [1.54, 1.807) is 7.11 Å². The third kappa shape index (κ3) is 3.17. The van der Waals surface area contributed by atoms with Crippen LogP contribution in [0.15, 0.2) is 30.3 Å². The van der Waals surface area contributed by atoms with Gasteiger partial charge in [-0.3, -0.25) is 4.90 Å². The van der Waals surface area contributed by atoms with Crippen molar-refractivity contribution in [2.24, 2.45) is 0 Å². The van der Waals surface area contributed by atoms with Crippen molar-refractivity contribution in [2.75, 3.05) is 14.2 Å². The fourth-order valence-electron chi connectivity index (χ4n) is 1.18. The van der Waals surface area contributed by atoms with Crippen LogP contribution in [0.25, 0.3) is 0 Å². The predicted molar refractivity (Wildman–Crippen MR) is 54.4 cm³/mol. The number of ether oxygens (including phenoxy) is 1. The van der Waals surface area contributed by atoms with Gasteiger partial charge in [-0.25, -0.2) is 0 Å². The van der Waals surface area contributed by atoms with E-state index < -0.39 is 0 Å². The average molecular weight is 179 g/mol. The number of nitrogens with zero attached hydrogens (tertiary/aromatic N) is 1. The Hall–Kier alpha value is -0.860. The Morgan fingerprint density at radius 3 is 2.46 bits per heavy atom. The average Bonchev–Trinajstić information content (AvgIpc) is 2.18. The number of hydrogen-bond acceptors (Lipinski definition) is 2. The molecule has 0 aliphatic carbocycles. The van der Waals surface area contributed by atoms with E-state index in [-0.39, 0.29) is 6.23 Å². The van der Waals surface area contributed by atoms with Gasteiger partial charge in [0.25, 0.3) is 0 Å². The molecule has 1 unspecified atom stereocenters. The lowest BCUT2D eigenvalue weighted by Crippen LogP contribution is -2.29. The number of hydrogen-bond donors (Lipinski definition) is 0. The fourth-order valence-corrected chi connectivity index (χ4v) is 1.18. The molecule has 1 rings (SSSR count). The van der Waals surface area contributed by atoms with Crippen molar-refractivity contribution >= 4 is 0 Å². The molecular weight excluding hydrogens is 162 g/mol. The highest BCUT2D eigenvalue weighted by molar-refractivity contribution is 5.14. The molecule has 72 valence electrons. The molecule has 0 aliphatic rings. The molecule has 0 spiro atoms. The van der Waals surface area contributed by atoms with E-state index in [1.807, 2.05) is 13.0 Å². The van der Waals surface area contributed by atoms with Crippen molar-refractivity contribution in [1.29, 1.82) is 0 Å². The second kappa shape index (κ2) is 5.00. The van der Waals surface area contributed by atoms with Gasteiger partial charge in [0.05, 0.1) is 0 Å². The highest BCUT2D eigenvalue weighted by atomic mass is 16.5. The maximum absolute atomic E-state index is 5.21. The van der Waals surface area contributed by atoms with Crippen LogP contribution in [-0.4, -0.2) is 25.3 Å². The van der Waals surface area contributed by atoms with Crippen molar-refractivity contribution in [2.45, 2.75) is 19.7 Å². The fraction of sp³-hybridized carbons (Fsp3) is 0.455. The zero-order chi connectivity index (χ0) is 9.68. The van der Waals surface area contributed by atoms with Gasteiger partial charge in [0.2, 0.25) is 0 Å². The van der Waals surface area contributed by atoms with Gasteiger partial charge in [-0.05, 0) is 19.5 Å². The lowest BCUT2D eigenvalue weighted by atomic mass is 10.2. The Morgan fingerprint density at radius 2 is 1.92 bits per heavy atom. The minimum Gasteiger partial charge on any atom is -0.367 e. The summed E-state index contributed by atoms with van der Waals surface area (Å²) in [5.74, 6) is 0. The van der Waals surface area contributed by atoms with Crippen molar-refractivity contribution in [3.05, 3.63) is 35.9 Å². The molecule has 2 nitrogen and oxygen atoms in total. The van der Waals surface area contributed by atoms with Gasteiger partial charge < -0.3 is 4.74 Å². The third-order valence-electron chi connectivity index (χ3n) is 2.24. The molecule has 0 N–H and O–H groups in total. The Labute approximate surface area is 80.1 Å². The third-order valence-corrected chi connectivity index (χ3v) is 2.24. The number of benzene rings is 1. The topological polar surface area (TPSA) is 12.5 Å². The molecular formula is C11H17NO. The van der Waals surface area contributed by atoms with Crippen LogP contribution in [0.1, 0.15) is 12.5 Å². The minimum atomic E-state index is 0.167. The predicted octanol–water partition coefficient (Wildman–Crippen LogP) is 2.11. The first-order valence-electron chi connectivity index (χ1n) is 4.51. The molecule has 0 aromatic heterocycles. The molecule has 1 aromatic rings. The summed E-state index contributed by atoms with van der Waals surface area (Å²) < 4.78 is 5.21. The molecule has 1 atom stereocenters. The van der Waals surface area contributed by atoms with Crippen LogP contribution in [0.2, 0.25) is 0 Å². The Kier molecular flexibility index (Phi) is 3.93. The second-order valence-corrected chi connectivity index (χ2v) is 3.24. The molecule has 0 saturated carbocycles. The Morgan fingerprint density at radius 1 is 1.31 bits per heavy atom.